The van der Waals surface area contributed by atoms with Gasteiger partial charge in [-0.15, -0.1) is 0 Å². The molecule has 0 saturated carbocycles. The van der Waals surface area contributed by atoms with Gasteiger partial charge in [0.1, 0.15) is 0 Å². The van der Waals surface area contributed by atoms with Crippen LogP contribution in [0.4, 0.5) is 13.2 Å². The van der Waals surface area contributed by atoms with E-state index in [4.69, 9.17) is 0 Å². The predicted molar refractivity (Wildman–Crippen MR) is 65.5 cm³/mol. The van der Waals surface area contributed by atoms with Crippen molar-refractivity contribution in [3.63, 3.8) is 0 Å². The fourth-order valence-electron chi connectivity index (χ4n) is 1.89. The molecule has 0 fully saturated rings. The van der Waals surface area contributed by atoms with Gasteiger partial charge in [-0.1, -0.05) is 12.1 Å². The van der Waals surface area contributed by atoms with Crippen LogP contribution in [0.25, 0.3) is 0 Å². The summed E-state index contributed by atoms with van der Waals surface area (Å²) in [6.07, 6.45) is -0.906. The molecule has 0 aliphatic rings. The summed E-state index contributed by atoms with van der Waals surface area (Å²) in [5, 5.41) is 7.06. The maximum Gasteiger partial charge on any atom is 0.416 e. The third-order valence-electron chi connectivity index (χ3n) is 2.89. The molecule has 2 rings (SSSR count). The van der Waals surface area contributed by atoms with Crippen molar-refractivity contribution < 1.29 is 13.2 Å². The molecule has 6 heteroatoms. The standard InChI is InChI=1S/C13H14F3N3/c1-17-12(9-19-7-3-6-18-19)10-4-2-5-11(8-10)13(14,15)16/h2-8,12,17H,9H2,1H3. The lowest BCUT2D eigenvalue weighted by Gasteiger charge is -2.18. The van der Waals surface area contributed by atoms with E-state index in [0.29, 0.717) is 12.1 Å². The fourth-order valence-corrected chi connectivity index (χ4v) is 1.89. The summed E-state index contributed by atoms with van der Waals surface area (Å²) < 4.78 is 39.7. The SMILES string of the molecule is CNC(Cn1cccn1)c1cccc(C(F)(F)F)c1. The van der Waals surface area contributed by atoms with Crippen LogP contribution in [0.1, 0.15) is 17.2 Å². The first kappa shape index (κ1) is 13.6. The van der Waals surface area contributed by atoms with Crippen LogP contribution in [0.5, 0.6) is 0 Å². The third kappa shape index (κ3) is 3.35. The van der Waals surface area contributed by atoms with Gasteiger partial charge in [-0.3, -0.25) is 4.68 Å². The van der Waals surface area contributed by atoms with E-state index in [2.05, 4.69) is 10.4 Å². The molecule has 0 spiro atoms. The van der Waals surface area contributed by atoms with Crippen molar-refractivity contribution in [2.24, 2.45) is 0 Å². The minimum atomic E-state index is -4.32. The number of rotatable bonds is 4. The predicted octanol–water partition coefficient (Wildman–Crippen LogP) is 2.86. The van der Waals surface area contributed by atoms with Crippen molar-refractivity contribution in [2.45, 2.75) is 18.8 Å². The van der Waals surface area contributed by atoms with Crippen molar-refractivity contribution in [1.29, 1.82) is 0 Å². The molecule has 1 atom stereocenters. The van der Waals surface area contributed by atoms with Crippen molar-refractivity contribution in [3.8, 4) is 0 Å². The normalized spacial score (nSPS) is 13.5. The Morgan fingerprint density at radius 1 is 1.32 bits per heavy atom. The van der Waals surface area contributed by atoms with Gasteiger partial charge in [0.25, 0.3) is 0 Å². The Balaban J connectivity index is 2.23. The van der Waals surface area contributed by atoms with Crippen molar-refractivity contribution in [2.75, 3.05) is 7.05 Å². The molecular formula is C13H14F3N3. The van der Waals surface area contributed by atoms with Gasteiger partial charge >= 0.3 is 6.18 Å². The number of nitrogens with zero attached hydrogens (tertiary/aromatic N) is 2. The van der Waals surface area contributed by atoms with Gasteiger partial charge in [-0.2, -0.15) is 18.3 Å². The Hall–Kier alpha value is -1.82. The van der Waals surface area contributed by atoms with E-state index in [1.54, 1.807) is 36.3 Å². The molecule has 1 aromatic carbocycles. The smallest absolute Gasteiger partial charge is 0.311 e. The van der Waals surface area contributed by atoms with Crippen molar-refractivity contribution >= 4 is 0 Å². The summed E-state index contributed by atoms with van der Waals surface area (Å²) in [4.78, 5) is 0. The number of hydrogen-bond donors (Lipinski definition) is 1. The number of nitrogens with one attached hydrogen (secondary N) is 1. The topological polar surface area (TPSA) is 29.9 Å². The second-order valence-electron chi connectivity index (χ2n) is 4.19. The van der Waals surface area contributed by atoms with Crippen LogP contribution in [-0.4, -0.2) is 16.8 Å². The Morgan fingerprint density at radius 3 is 2.68 bits per heavy atom. The molecule has 0 aliphatic carbocycles. The van der Waals surface area contributed by atoms with E-state index >= 15 is 0 Å². The van der Waals surface area contributed by atoms with E-state index in [0.717, 1.165) is 6.07 Å². The van der Waals surface area contributed by atoms with Crippen LogP contribution >= 0.6 is 0 Å². The molecule has 2 aromatic rings. The summed E-state index contributed by atoms with van der Waals surface area (Å²) in [7, 11) is 1.72. The quantitative estimate of drug-likeness (QED) is 0.925. The largest absolute Gasteiger partial charge is 0.416 e. The molecule has 19 heavy (non-hydrogen) atoms. The van der Waals surface area contributed by atoms with Gasteiger partial charge in [-0.05, 0) is 30.8 Å². The van der Waals surface area contributed by atoms with Crippen LogP contribution in [0.15, 0.2) is 42.7 Å². The highest BCUT2D eigenvalue weighted by Crippen LogP contribution is 2.30. The highest BCUT2D eigenvalue weighted by Gasteiger charge is 2.30. The molecule has 0 saturated heterocycles. The molecule has 1 heterocycles. The van der Waals surface area contributed by atoms with E-state index in [1.807, 2.05) is 0 Å². The number of hydrogen-bond acceptors (Lipinski definition) is 2. The fraction of sp³-hybridized carbons (Fsp3) is 0.308. The first-order valence-corrected chi connectivity index (χ1v) is 5.82. The number of alkyl halides is 3. The Bertz CT molecular complexity index is 520. The van der Waals surface area contributed by atoms with Crippen LogP contribution < -0.4 is 5.32 Å². The van der Waals surface area contributed by atoms with E-state index < -0.39 is 11.7 Å². The van der Waals surface area contributed by atoms with Gasteiger partial charge in [0.05, 0.1) is 18.2 Å². The van der Waals surface area contributed by atoms with Crippen LogP contribution in [0.3, 0.4) is 0 Å². The third-order valence-corrected chi connectivity index (χ3v) is 2.89. The number of halogens is 3. The number of likely N-dealkylation sites (N-methyl/N-ethyl adjacent to an activating group) is 1. The van der Waals surface area contributed by atoms with Crippen LogP contribution in [0, 0.1) is 0 Å². The van der Waals surface area contributed by atoms with E-state index in [9.17, 15) is 13.2 Å². The molecular weight excluding hydrogens is 255 g/mol. The van der Waals surface area contributed by atoms with Crippen LogP contribution in [0.2, 0.25) is 0 Å². The maximum atomic E-state index is 12.7. The average molecular weight is 269 g/mol. The second-order valence-corrected chi connectivity index (χ2v) is 4.19. The van der Waals surface area contributed by atoms with Crippen molar-refractivity contribution in [1.82, 2.24) is 15.1 Å². The highest BCUT2D eigenvalue weighted by atomic mass is 19.4. The lowest BCUT2D eigenvalue weighted by molar-refractivity contribution is -0.137. The summed E-state index contributed by atoms with van der Waals surface area (Å²) in [5.41, 5.74) is -0.0430. The minimum absolute atomic E-state index is 0.220. The molecule has 3 nitrogen and oxygen atoms in total. The molecule has 0 bridgehead atoms. The van der Waals surface area contributed by atoms with Crippen LogP contribution in [-0.2, 0) is 12.7 Å². The summed E-state index contributed by atoms with van der Waals surface area (Å²) >= 11 is 0. The monoisotopic (exact) mass is 269 g/mol. The zero-order valence-electron chi connectivity index (χ0n) is 10.4. The van der Waals surface area contributed by atoms with Gasteiger partial charge in [0, 0.05) is 12.4 Å². The second kappa shape index (κ2) is 5.44. The molecule has 1 aromatic heterocycles. The average Bonchev–Trinajstić information content (AvgIpc) is 2.88. The number of benzene rings is 1. The molecule has 0 radical (unpaired) electrons. The van der Waals surface area contributed by atoms with E-state index in [1.165, 1.54) is 12.1 Å². The Labute approximate surface area is 109 Å². The lowest BCUT2D eigenvalue weighted by atomic mass is 10.0. The summed E-state index contributed by atoms with van der Waals surface area (Å²) in [6, 6.07) is 6.90. The molecule has 1 unspecified atom stereocenters. The minimum Gasteiger partial charge on any atom is -0.311 e. The van der Waals surface area contributed by atoms with E-state index in [-0.39, 0.29) is 6.04 Å². The molecule has 0 aliphatic heterocycles. The van der Waals surface area contributed by atoms with Gasteiger partial charge in [-0.25, -0.2) is 0 Å². The Morgan fingerprint density at radius 2 is 2.11 bits per heavy atom. The lowest BCUT2D eigenvalue weighted by Crippen LogP contribution is -2.22. The first-order valence-electron chi connectivity index (χ1n) is 5.82. The molecule has 1 N–H and O–H groups in total. The molecule has 102 valence electrons. The maximum absolute atomic E-state index is 12.7. The summed E-state index contributed by atoms with van der Waals surface area (Å²) in [5.74, 6) is 0. The highest BCUT2D eigenvalue weighted by molar-refractivity contribution is 5.28. The van der Waals surface area contributed by atoms with Gasteiger partial charge < -0.3 is 5.32 Å². The van der Waals surface area contributed by atoms with Crippen molar-refractivity contribution in [3.05, 3.63) is 53.9 Å². The molecule has 0 amide bonds. The number of aromatic nitrogens is 2. The van der Waals surface area contributed by atoms with Gasteiger partial charge in [0.15, 0.2) is 0 Å². The Kier molecular flexibility index (Phi) is 3.90. The zero-order chi connectivity index (χ0) is 13.9. The summed E-state index contributed by atoms with van der Waals surface area (Å²) in [6.45, 7) is 0.477. The zero-order valence-corrected chi connectivity index (χ0v) is 10.4. The van der Waals surface area contributed by atoms with Gasteiger partial charge in [0.2, 0.25) is 0 Å². The first-order chi connectivity index (χ1) is 9.00.